The topological polar surface area (TPSA) is 137 Å². The summed E-state index contributed by atoms with van der Waals surface area (Å²) in [6, 6.07) is -1.10. The summed E-state index contributed by atoms with van der Waals surface area (Å²) in [6.07, 6.45) is 8.58. The number of nitrogens with one attached hydrogen (secondary N) is 4. The van der Waals surface area contributed by atoms with Crippen LogP contribution in [0.15, 0.2) is 12.7 Å². The Morgan fingerprint density at radius 2 is 1.72 bits per heavy atom. The highest BCUT2D eigenvalue weighted by Crippen LogP contribution is 2.30. The molecule has 1 heterocycles. The molecule has 2 fully saturated rings. The lowest BCUT2D eigenvalue weighted by atomic mass is 9.80. The smallest absolute Gasteiger partial charge is 0.315 e. The maximum absolute atomic E-state index is 12.6. The van der Waals surface area contributed by atoms with Crippen LogP contribution in [0.1, 0.15) is 58.3 Å². The number of urea groups is 1. The molecule has 5 amide bonds. The summed E-state index contributed by atoms with van der Waals surface area (Å²) < 4.78 is 0. The fraction of sp³-hybridized carbons (Fsp3) is 0.682. The molecule has 10 heteroatoms. The zero-order valence-corrected chi connectivity index (χ0v) is 18.8. The Morgan fingerprint density at radius 1 is 1.00 bits per heavy atom. The normalized spacial score (nSPS) is 19.5. The van der Waals surface area contributed by atoms with Crippen molar-refractivity contribution in [1.82, 2.24) is 26.2 Å². The number of nitrogens with zero attached hydrogens (tertiary/aromatic N) is 1. The molecule has 1 aliphatic heterocycles. The number of ketones is 1. The number of hydrogen-bond acceptors (Lipinski definition) is 5. The third kappa shape index (κ3) is 7.06. The lowest BCUT2D eigenvalue weighted by molar-refractivity contribution is -0.140. The zero-order chi connectivity index (χ0) is 23.6. The van der Waals surface area contributed by atoms with Gasteiger partial charge < -0.3 is 26.2 Å². The van der Waals surface area contributed by atoms with Crippen LogP contribution in [0.5, 0.6) is 0 Å². The first-order valence-corrected chi connectivity index (χ1v) is 11.4. The predicted octanol–water partition coefficient (Wildman–Crippen LogP) is 0.377. The molecular formula is C22H35N5O5. The van der Waals surface area contributed by atoms with Crippen molar-refractivity contribution < 1.29 is 24.0 Å². The zero-order valence-electron chi connectivity index (χ0n) is 18.8. The average molecular weight is 450 g/mol. The van der Waals surface area contributed by atoms with Gasteiger partial charge in [0.05, 0.1) is 13.1 Å². The molecule has 4 N–H and O–H groups in total. The van der Waals surface area contributed by atoms with Crippen molar-refractivity contribution in [3.8, 4) is 0 Å². The lowest BCUT2D eigenvalue weighted by Gasteiger charge is -2.37. The summed E-state index contributed by atoms with van der Waals surface area (Å²) in [5.74, 6) is -2.43. The van der Waals surface area contributed by atoms with Gasteiger partial charge >= 0.3 is 6.03 Å². The molecule has 10 nitrogen and oxygen atoms in total. The molecule has 2 aliphatic rings. The molecule has 0 spiro atoms. The molecule has 1 aliphatic carbocycles. The van der Waals surface area contributed by atoms with E-state index in [-0.39, 0.29) is 30.6 Å². The molecule has 2 rings (SSSR count). The van der Waals surface area contributed by atoms with Gasteiger partial charge in [0.25, 0.3) is 5.91 Å². The van der Waals surface area contributed by atoms with E-state index in [1.807, 2.05) is 0 Å². The molecule has 178 valence electrons. The highest BCUT2D eigenvalue weighted by molar-refractivity contribution is 6.37. The minimum absolute atomic E-state index is 0.156. The molecule has 0 unspecified atom stereocenters. The highest BCUT2D eigenvalue weighted by atomic mass is 16.2. The van der Waals surface area contributed by atoms with E-state index in [1.165, 1.54) is 17.4 Å². The quantitative estimate of drug-likeness (QED) is 0.282. The van der Waals surface area contributed by atoms with E-state index in [2.05, 4.69) is 34.8 Å². The minimum atomic E-state index is -0.803. The van der Waals surface area contributed by atoms with Gasteiger partial charge in [-0.25, -0.2) is 4.79 Å². The third-order valence-corrected chi connectivity index (χ3v) is 6.23. The molecule has 0 aromatic carbocycles. The highest BCUT2D eigenvalue weighted by Gasteiger charge is 2.35. The summed E-state index contributed by atoms with van der Waals surface area (Å²) in [4.78, 5) is 62.2. The van der Waals surface area contributed by atoms with E-state index in [9.17, 15) is 24.0 Å². The van der Waals surface area contributed by atoms with E-state index in [0.29, 0.717) is 19.4 Å². The van der Waals surface area contributed by atoms with Crippen LogP contribution >= 0.6 is 0 Å². The first-order chi connectivity index (χ1) is 15.3. The number of hydrogen-bond donors (Lipinski definition) is 4. The van der Waals surface area contributed by atoms with E-state index in [0.717, 1.165) is 32.1 Å². The number of carbonyl (C=O) groups is 5. The maximum atomic E-state index is 12.6. The number of carbonyl (C=O) groups excluding carboxylic acids is 5. The van der Waals surface area contributed by atoms with Crippen LogP contribution in [-0.4, -0.2) is 72.2 Å². The first kappa shape index (κ1) is 25.4. The molecule has 1 atom stereocenters. The van der Waals surface area contributed by atoms with Crippen molar-refractivity contribution in [1.29, 1.82) is 0 Å². The van der Waals surface area contributed by atoms with Gasteiger partial charge in [-0.15, -0.1) is 6.58 Å². The summed E-state index contributed by atoms with van der Waals surface area (Å²) in [7, 11) is 0. The van der Waals surface area contributed by atoms with Gasteiger partial charge in [0.2, 0.25) is 17.6 Å². The van der Waals surface area contributed by atoms with Crippen LogP contribution in [0.25, 0.3) is 0 Å². The summed E-state index contributed by atoms with van der Waals surface area (Å²) >= 11 is 0. The van der Waals surface area contributed by atoms with Crippen LogP contribution in [0.2, 0.25) is 0 Å². The van der Waals surface area contributed by atoms with Gasteiger partial charge in [0.1, 0.15) is 6.04 Å². The maximum Gasteiger partial charge on any atom is 0.315 e. The molecule has 1 saturated carbocycles. The Morgan fingerprint density at radius 3 is 2.38 bits per heavy atom. The second-order valence-electron chi connectivity index (χ2n) is 8.39. The third-order valence-electron chi connectivity index (χ3n) is 6.23. The van der Waals surface area contributed by atoms with Gasteiger partial charge in [-0.3, -0.25) is 19.2 Å². The summed E-state index contributed by atoms with van der Waals surface area (Å²) in [5, 5.41) is 10.4. The van der Waals surface area contributed by atoms with E-state index in [4.69, 9.17) is 0 Å². The molecule has 1 saturated heterocycles. The SMILES string of the molecule is C=CCNC(=O)C(=O)CNC(=O)[C@@H]1CCCN1C(=O)CNC(=O)NC1(CC)CCCCC1. The van der Waals surface area contributed by atoms with Gasteiger partial charge in [-0.1, -0.05) is 32.3 Å². The summed E-state index contributed by atoms with van der Waals surface area (Å²) in [5.41, 5.74) is -0.216. The number of likely N-dealkylation sites (tertiary alicyclic amines) is 1. The first-order valence-electron chi connectivity index (χ1n) is 11.4. The second kappa shape index (κ2) is 12.2. The Bertz CT molecular complexity index is 732. The number of rotatable bonds is 10. The Balaban J connectivity index is 1.80. The molecule has 0 radical (unpaired) electrons. The molecule has 0 aromatic rings. The van der Waals surface area contributed by atoms with Crippen molar-refractivity contribution in [2.45, 2.75) is 69.9 Å². The Hall–Kier alpha value is -2.91. The standard InChI is InChI=1S/C22H35N5O5/c1-3-12-23-20(31)17(28)14-24-19(30)16-9-8-13-27(16)18(29)15-25-21(32)26-22(4-2)10-6-5-7-11-22/h3,16H,1,4-15H2,2H3,(H,23,31)(H,24,30)(H2,25,26,32)/t16-/m0/s1. The summed E-state index contributed by atoms with van der Waals surface area (Å²) in [6.45, 7) is 5.39. The Labute approximate surface area is 188 Å². The van der Waals surface area contributed by atoms with Crippen LogP contribution in [0.4, 0.5) is 4.79 Å². The van der Waals surface area contributed by atoms with Gasteiger partial charge in [-0.2, -0.15) is 0 Å². The van der Waals surface area contributed by atoms with Crippen molar-refractivity contribution in [2.24, 2.45) is 0 Å². The average Bonchev–Trinajstić information content (AvgIpc) is 3.30. The monoisotopic (exact) mass is 449 g/mol. The molecule has 0 bridgehead atoms. The van der Waals surface area contributed by atoms with Crippen molar-refractivity contribution in [3.63, 3.8) is 0 Å². The second-order valence-corrected chi connectivity index (χ2v) is 8.39. The van der Waals surface area contributed by atoms with Crippen LogP contribution in [0.3, 0.4) is 0 Å². The number of amides is 5. The van der Waals surface area contributed by atoms with Gasteiger partial charge in [0, 0.05) is 18.6 Å². The van der Waals surface area contributed by atoms with Crippen LogP contribution in [0, 0.1) is 0 Å². The van der Waals surface area contributed by atoms with Crippen molar-refractivity contribution >= 4 is 29.5 Å². The van der Waals surface area contributed by atoms with Gasteiger partial charge in [0.15, 0.2) is 0 Å². The molecular weight excluding hydrogens is 414 g/mol. The lowest BCUT2D eigenvalue weighted by Crippen LogP contribution is -2.55. The van der Waals surface area contributed by atoms with Crippen molar-refractivity contribution in [3.05, 3.63) is 12.7 Å². The Kier molecular flexibility index (Phi) is 9.67. The molecule has 0 aromatic heterocycles. The largest absolute Gasteiger partial charge is 0.347 e. The minimum Gasteiger partial charge on any atom is -0.347 e. The van der Waals surface area contributed by atoms with Crippen molar-refractivity contribution in [2.75, 3.05) is 26.2 Å². The van der Waals surface area contributed by atoms with Crippen LogP contribution in [-0.2, 0) is 19.2 Å². The fourth-order valence-corrected chi connectivity index (χ4v) is 4.30. The molecule has 32 heavy (non-hydrogen) atoms. The fourth-order valence-electron chi connectivity index (χ4n) is 4.30. The predicted molar refractivity (Wildman–Crippen MR) is 119 cm³/mol. The van der Waals surface area contributed by atoms with E-state index < -0.39 is 30.2 Å². The number of Topliss-reactive ketones (excluding diaryl/α,β-unsaturated/α-hetero) is 1. The van der Waals surface area contributed by atoms with E-state index in [1.54, 1.807) is 0 Å². The van der Waals surface area contributed by atoms with E-state index >= 15 is 0 Å². The van der Waals surface area contributed by atoms with Gasteiger partial charge in [-0.05, 0) is 32.1 Å². The van der Waals surface area contributed by atoms with Crippen LogP contribution < -0.4 is 21.3 Å².